The van der Waals surface area contributed by atoms with E-state index in [0.717, 1.165) is 55.4 Å². The summed E-state index contributed by atoms with van der Waals surface area (Å²) in [6.45, 7) is 1.18. The number of hydrogen-bond acceptors (Lipinski definition) is 6. The third kappa shape index (κ3) is 5.16. The number of benzene rings is 1. The van der Waals surface area contributed by atoms with Crippen molar-refractivity contribution < 1.29 is 23.9 Å². The van der Waals surface area contributed by atoms with Crippen LogP contribution in [-0.4, -0.2) is 76.5 Å². The van der Waals surface area contributed by atoms with Gasteiger partial charge in [-0.05, 0) is 31.2 Å². The molecule has 4 rings (SSSR count). The normalized spacial score (nSPS) is 21.8. The van der Waals surface area contributed by atoms with Gasteiger partial charge in [-0.15, -0.1) is 0 Å². The van der Waals surface area contributed by atoms with E-state index in [-0.39, 0.29) is 25.1 Å². The number of likely N-dealkylation sites (tertiary alicyclic amines) is 1. The number of ether oxygens (including phenoxy) is 1. The first kappa shape index (κ1) is 24.0. The Kier molecular flexibility index (Phi) is 7.66. The smallest absolute Gasteiger partial charge is 0.419 e. The van der Waals surface area contributed by atoms with E-state index in [1.165, 1.54) is 4.90 Å². The second-order valence-electron chi connectivity index (χ2n) is 9.13. The fourth-order valence-electron chi connectivity index (χ4n) is 5.02. The van der Waals surface area contributed by atoms with Gasteiger partial charge in [-0.2, -0.15) is 0 Å². The molecule has 0 spiro atoms. The summed E-state index contributed by atoms with van der Waals surface area (Å²) in [7, 11) is 0. The molecule has 1 aromatic rings. The minimum absolute atomic E-state index is 0.0241. The van der Waals surface area contributed by atoms with Gasteiger partial charge in [0.2, 0.25) is 5.91 Å². The zero-order valence-electron chi connectivity index (χ0n) is 19.4. The lowest BCUT2D eigenvalue weighted by atomic mass is 9.93. The van der Waals surface area contributed by atoms with Crippen LogP contribution in [0.15, 0.2) is 30.3 Å². The van der Waals surface area contributed by atoms with E-state index in [4.69, 9.17) is 10.5 Å². The molecule has 2 heterocycles. The van der Waals surface area contributed by atoms with Crippen LogP contribution in [-0.2, 0) is 20.9 Å². The van der Waals surface area contributed by atoms with Crippen LogP contribution in [0.4, 0.5) is 9.59 Å². The molecule has 1 aliphatic carbocycles. The Bertz CT molecular complexity index is 898. The monoisotopic (exact) mass is 471 g/mol. The van der Waals surface area contributed by atoms with Crippen molar-refractivity contribution in [1.29, 1.82) is 0 Å². The Balaban J connectivity index is 1.51. The van der Waals surface area contributed by atoms with Crippen LogP contribution in [0.5, 0.6) is 0 Å². The quantitative estimate of drug-likeness (QED) is 0.610. The molecule has 1 aromatic carbocycles. The molecule has 3 fully saturated rings. The summed E-state index contributed by atoms with van der Waals surface area (Å²) in [5.74, 6) is -0.783. The van der Waals surface area contributed by atoms with Crippen LogP contribution in [0.25, 0.3) is 0 Å². The van der Waals surface area contributed by atoms with E-state index in [9.17, 15) is 19.2 Å². The Labute approximate surface area is 199 Å². The standard InChI is InChI=1S/C24H33N5O5/c25-20(22(31)27-13-7-8-14-27)28(18-11-5-2-6-12-18)21(30)19-15-26-23(32)29(19)24(33)34-16-17-9-3-1-4-10-17/h1,3-4,9-10,18-20H,2,5-8,11-16,25H2,(H,26,32)/t19?,20-/m0/s1. The fourth-order valence-corrected chi connectivity index (χ4v) is 5.02. The number of nitrogens with zero attached hydrogens (tertiary/aromatic N) is 3. The van der Waals surface area contributed by atoms with Crippen molar-refractivity contribution in [3.63, 3.8) is 0 Å². The van der Waals surface area contributed by atoms with Gasteiger partial charge in [0, 0.05) is 25.7 Å². The molecule has 3 N–H and O–H groups in total. The largest absolute Gasteiger partial charge is 0.444 e. The molecule has 2 aliphatic heterocycles. The number of carbonyl (C=O) groups is 4. The van der Waals surface area contributed by atoms with E-state index < -0.39 is 30.2 Å². The van der Waals surface area contributed by atoms with Crippen molar-refractivity contribution in [2.45, 2.75) is 69.8 Å². The average molecular weight is 472 g/mol. The van der Waals surface area contributed by atoms with Gasteiger partial charge < -0.3 is 25.6 Å². The van der Waals surface area contributed by atoms with Crippen LogP contribution < -0.4 is 11.1 Å². The highest BCUT2D eigenvalue weighted by Gasteiger charge is 2.47. The zero-order valence-corrected chi connectivity index (χ0v) is 19.4. The first-order valence-electron chi connectivity index (χ1n) is 12.1. The predicted molar refractivity (Wildman–Crippen MR) is 123 cm³/mol. The molecule has 2 atom stereocenters. The molecule has 10 nitrogen and oxygen atoms in total. The molecule has 0 bridgehead atoms. The van der Waals surface area contributed by atoms with Gasteiger partial charge in [-0.25, -0.2) is 14.5 Å². The maximum Gasteiger partial charge on any atom is 0.419 e. The second kappa shape index (κ2) is 10.9. The molecule has 2 saturated heterocycles. The maximum atomic E-state index is 13.8. The summed E-state index contributed by atoms with van der Waals surface area (Å²) in [6, 6.07) is 7.06. The number of hydrogen-bond donors (Lipinski definition) is 2. The third-order valence-corrected chi connectivity index (χ3v) is 6.86. The van der Waals surface area contributed by atoms with Gasteiger partial charge in [-0.1, -0.05) is 49.6 Å². The van der Waals surface area contributed by atoms with Gasteiger partial charge in [0.05, 0.1) is 0 Å². The van der Waals surface area contributed by atoms with E-state index in [2.05, 4.69) is 5.32 Å². The van der Waals surface area contributed by atoms with E-state index in [0.29, 0.717) is 13.1 Å². The minimum atomic E-state index is -1.15. The molecule has 3 aliphatic rings. The van der Waals surface area contributed by atoms with Crippen LogP contribution in [0.2, 0.25) is 0 Å². The molecular weight excluding hydrogens is 438 g/mol. The third-order valence-electron chi connectivity index (χ3n) is 6.86. The summed E-state index contributed by atoms with van der Waals surface area (Å²) >= 11 is 0. The lowest BCUT2D eigenvalue weighted by Crippen LogP contribution is -2.63. The first-order valence-corrected chi connectivity index (χ1v) is 12.1. The summed E-state index contributed by atoms with van der Waals surface area (Å²) in [6.07, 6.45) is 4.18. The molecule has 34 heavy (non-hydrogen) atoms. The number of nitrogens with one attached hydrogen (secondary N) is 1. The van der Waals surface area contributed by atoms with Crippen LogP contribution in [0.3, 0.4) is 0 Å². The molecule has 184 valence electrons. The molecule has 1 unspecified atom stereocenters. The summed E-state index contributed by atoms with van der Waals surface area (Å²) in [4.78, 5) is 56.1. The van der Waals surface area contributed by atoms with Gasteiger partial charge in [0.25, 0.3) is 5.91 Å². The van der Waals surface area contributed by atoms with Crippen molar-refractivity contribution in [1.82, 2.24) is 20.0 Å². The van der Waals surface area contributed by atoms with Crippen molar-refractivity contribution in [2.75, 3.05) is 19.6 Å². The average Bonchev–Trinajstić information content (AvgIpc) is 3.53. The summed E-state index contributed by atoms with van der Waals surface area (Å²) in [5.41, 5.74) is 7.17. The van der Waals surface area contributed by atoms with Crippen molar-refractivity contribution in [3.05, 3.63) is 35.9 Å². The Morgan fingerprint density at radius 1 is 1.06 bits per heavy atom. The summed E-state index contributed by atoms with van der Waals surface area (Å²) < 4.78 is 5.33. The molecule has 10 heteroatoms. The number of amides is 5. The number of urea groups is 1. The molecule has 1 saturated carbocycles. The van der Waals surface area contributed by atoms with Crippen molar-refractivity contribution >= 4 is 23.9 Å². The number of nitrogens with two attached hydrogens (primary N) is 1. The second-order valence-corrected chi connectivity index (χ2v) is 9.13. The van der Waals surface area contributed by atoms with Gasteiger partial charge in [0.15, 0.2) is 6.17 Å². The van der Waals surface area contributed by atoms with Crippen LogP contribution >= 0.6 is 0 Å². The first-order chi connectivity index (χ1) is 16.5. The lowest BCUT2D eigenvalue weighted by Gasteiger charge is -2.40. The molecular formula is C24H33N5O5. The fraction of sp³-hybridized carbons (Fsp3) is 0.583. The van der Waals surface area contributed by atoms with E-state index in [1.54, 1.807) is 17.0 Å². The lowest BCUT2D eigenvalue weighted by molar-refractivity contribution is -0.150. The summed E-state index contributed by atoms with van der Waals surface area (Å²) in [5, 5.41) is 2.56. The highest BCUT2D eigenvalue weighted by molar-refractivity contribution is 6.01. The van der Waals surface area contributed by atoms with Crippen LogP contribution in [0, 0.1) is 0 Å². The highest BCUT2D eigenvalue weighted by atomic mass is 16.6. The number of rotatable bonds is 6. The minimum Gasteiger partial charge on any atom is -0.444 e. The van der Waals surface area contributed by atoms with Crippen molar-refractivity contribution in [3.8, 4) is 0 Å². The molecule has 5 amide bonds. The van der Waals surface area contributed by atoms with E-state index in [1.807, 2.05) is 18.2 Å². The molecule has 0 aromatic heterocycles. The van der Waals surface area contributed by atoms with Gasteiger partial charge in [0.1, 0.15) is 12.6 Å². The Hall–Kier alpha value is -3.14. The van der Waals surface area contributed by atoms with Gasteiger partial charge >= 0.3 is 12.1 Å². The van der Waals surface area contributed by atoms with Crippen LogP contribution in [0.1, 0.15) is 50.5 Å². The zero-order chi connectivity index (χ0) is 24.1. The predicted octanol–water partition coefficient (Wildman–Crippen LogP) is 1.79. The molecule has 0 radical (unpaired) electrons. The SMILES string of the molecule is N[C@H](C(=O)N1CCCC1)N(C(=O)C1CNC(=O)N1C(=O)OCc1ccccc1)C1CCCCC1. The highest BCUT2D eigenvalue weighted by Crippen LogP contribution is 2.26. The van der Waals surface area contributed by atoms with E-state index >= 15 is 0 Å². The number of imide groups is 1. The van der Waals surface area contributed by atoms with Crippen molar-refractivity contribution in [2.24, 2.45) is 5.73 Å². The number of carbonyl (C=O) groups excluding carboxylic acids is 4. The maximum absolute atomic E-state index is 13.8. The Morgan fingerprint density at radius 3 is 2.41 bits per heavy atom. The Morgan fingerprint density at radius 2 is 1.74 bits per heavy atom. The van der Waals surface area contributed by atoms with Gasteiger partial charge in [-0.3, -0.25) is 9.59 Å². The topological polar surface area (TPSA) is 125 Å².